The van der Waals surface area contributed by atoms with Gasteiger partial charge in [0, 0.05) is 18.5 Å². The highest BCUT2D eigenvalue weighted by atomic mass is 16.3. The number of benzene rings is 2. The minimum Gasteiger partial charge on any atom is -0.492 e. The van der Waals surface area contributed by atoms with E-state index in [-0.39, 0.29) is 12.5 Å². The van der Waals surface area contributed by atoms with Gasteiger partial charge in [-0.05, 0) is 33.5 Å². The number of aromatic amines is 1. The molecule has 0 saturated heterocycles. The molecule has 0 atom stereocenters. The molecule has 2 heterocycles. The second-order valence-corrected chi connectivity index (χ2v) is 7.14. The van der Waals surface area contributed by atoms with Crippen molar-refractivity contribution in [2.45, 2.75) is 39.3 Å². The van der Waals surface area contributed by atoms with Gasteiger partial charge in [-0.1, -0.05) is 61.9 Å². The second kappa shape index (κ2) is 8.87. The zero-order chi connectivity index (χ0) is 20.9. The maximum absolute atomic E-state index is 10.1. The first-order valence-corrected chi connectivity index (χ1v) is 10.0. The molecule has 0 spiro atoms. The number of aromatic nitrogens is 6. The fourth-order valence-electron chi connectivity index (χ4n) is 3.58. The van der Waals surface area contributed by atoms with Crippen molar-refractivity contribution in [3.8, 4) is 28.4 Å². The molecule has 3 N–H and O–H groups in total. The van der Waals surface area contributed by atoms with Crippen LogP contribution in [0.1, 0.15) is 36.8 Å². The van der Waals surface area contributed by atoms with E-state index < -0.39 is 0 Å². The highest BCUT2D eigenvalue weighted by molar-refractivity contribution is 5.80. The predicted octanol–water partition coefficient (Wildman–Crippen LogP) is 3.32. The third-order valence-corrected chi connectivity index (χ3v) is 5.17. The normalized spacial score (nSPS) is 11.1. The number of aliphatic hydroxyl groups excluding tert-OH is 1. The van der Waals surface area contributed by atoms with Crippen molar-refractivity contribution in [3.05, 3.63) is 65.6 Å². The number of aliphatic hydroxyl groups is 1. The van der Waals surface area contributed by atoms with Gasteiger partial charge >= 0.3 is 0 Å². The number of hydrogen-bond acceptors (Lipinski definition) is 6. The third kappa shape index (κ3) is 3.95. The van der Waals surface area contributed by atoms with Crippen molar-refractivity contribution >= 4 is 0 Å². The van der Waals surface area contributed by atoms with Crippen molar-refractivity contribution in [1.82, 2.24) is 30.2 Å². The summed E-state index contributed by atoms with van der Waals surface area (Å²) in [6, 6.07) is 16.2. The highest BCUT2D eigenvalue weighted by Gasteiger charge is 2.16. The van der Waals surface area contributed by atoms with Crippen LogP contribution in [-0.2, 0) is 19.6 Å². The molecular formula is C22H24N6O2. The fraction of sp³-hybridized carbons (Fsp3) is 0.273. The summed E-state index contributed by atoms with van der Waals surface area (Å²) in [7, 11) is 0. The Morgan fingerprint density at radius 2 is 1.80 bits per heavy atom. The smallest absolute Gasteiger partial charge is 0.235 e. The molecule has 8 nitrogen and oxygen atoms in total. The van der Waals surface area contributed by atoms with Gasteiger partial charge in [-0.2, -0.15) is 4.98 Å². The molecule has 154 valence electrons. The summed E-state index contributed by atoms with van der Waals surface area (Å²) in [6.45, 7) is 2.41. The maximum atomic E-state index is 10.1. The molecule has 0 aliphatic carbocycles. The zero-order valence-corrected chi connectivity index (χ0v) is 16.8. The van der Waals surface area contributed by atoms with Crippen molar-refractivity contribution in [3.63, 3.8) is 0 Å². The molecule has 0 unspecified atom stereocenters. The molecule has 8 heteroatoms. The Morgan fingerprint density at radius 3 is 2.47 bits per heavy atom. The monoisotopic (exact) mass is 404 g/mol. The molecule has 2 aromatic heterocycles. The van der Waals surface area contributed by atoms with Crippen LogP contribution >= 0.6 is 0 Å². The summed E-state index contributed by atoms with van der Waals surface area (Å²) in [4.78, 5) is 4.26. The van der Waals surface area contributed by atoms with Crippen LogP contribution in [0.2, 0.25) is 0 Å². The molecule has 0 bridgehead atoms. The van der Waals surface area contributed by atoms with E-state index >= 15 is 0 Å². The number of H-pyrrole nitrogens is 1. The van der Waals surface area contributed by atoms with E-state index in [2.05, 4.69) is 44.7 Å². The van der Waals surface area contributed by atoms with Crippen LogP contribution in [0.5, 0.6) is 5.88 Å². The topological polar surface area (TPSA) is 113 Å². The molecule has 0 aliphatic heterocycles. The maximum Gasteiger partial charge on any atom is 0.235 e. The Kier molecular flexibility index (Phi) is 5.85. The molecular weight excluding hydrogens is 380 g/mol. The molecule has 2 aromatic carbocycles. The molecule has 0 radical (unpaired) electrons. The van der Waals surface area contributed by atoms with Crippen LogP contribution in [0.15, 0.2) is 48.5 Å². The van der Waals surface area contributed by atoms with Crippen molar-refractivity contribution in [1.29, 1.82) is 0 Å². The van der Waals surface area contributed by atoms with E-state index in [1.165, 1.54) is 0 Å². The van der Waals surface area contributed by atoms with Gasteiger partial charge in [-0.3, -0.25) is 0 Å². The van der Waals surface area contributed by atoms with Gasteiger partial charge in [0.2, 0.25) is 5.88 Å². The van der Waals surface area contributed by atoms with Crippen LogP contribution in [-0.4, -0.2) is 40.4 Å². The average Bonchev–Trinajstić information content (AvgIpc) is 3.41. The molecule has 4 aromatic rings. The van der Waals surface area contributed by atoms with Gasteiger partial charge in [0.05, 0.1) is 6.61 Å². The first-order chi connectivity index (χ1) is 14.7. The van der Waals surface area contributed by atoms with E-state index in [1.54, 1.807) is 0 Å². The molecule has 4 rings (SSSR count). The summed E-state index contributed by atoms with van der Waals surface area (Å²) in [5.74, 6) is 1.33. The van der Waals surface area contributed by atoms with Gasteiger partial charge in [0.25, 0.3) is 0 Å². The largest absolute Gasteiger partial charge is 0.492 e. The number of imidazole rings is 1. The van der Waals surface area contributed by atoms with Crippen LogP contribution in [0.4, 0.5) is 0 Å². The first-order valence-electron chi connectivity index (χ1n) is 10.0. The number of unbranched alkanes of at least 4 members (excludes halogenated alkanes) is 1. The van der Waals surface area contributed by atoms with E-state index in [1.807, 2.05) is 41.0 Å². The quantitative estimate of drug-likeness (QED) is 0.415. The third-order valence-electron chi connectivity index (χ3n) is 5.17. The van der Waals surface area contributed by atoms with Crippen molar-refractivity contribution < 1.29 is 10.2 Å². The summed E-state index contributed by atoms with van der Waals surface area (Å²) in [5, 5.41) is 34.0. The number of aryl methyl sites for hydroxylation is 1. The van der Waals surface area contributed by atoms with Crippen LogP contribution in [0.25, 0.3) is 22.5 Å². The zero-order valence-electron chi connectivity index (χ0n) is 16.8. The fourth-order valence-corrected chi connectivity index (χ4v) is 3.58. The van der Waals surface area contributed by atoms with Gasteiger partial charge in [-0.25, -0.2) is 5.10 Å². The molecule has 0 saturated carbocycles. The van der Waals surface area contributed by atoms with Gasteiger partial charge in [0.1, 0.15) is 11.5 Å². The van der Waals surface area contributed by atoms with Crippen LogP contribution in [0.3, 0.4) is 0 Å². The Morgan fingerprint density at radius 1 is 1.03 bits per heavy atom. The SMILES string of the molecule is CCCCc1nc(O)c(CO)n1Cc1ccc(-c2ccccc2-c2nnn[nH]2)cc1. The molecule has 0 fully saturated rings. The van der Waals surface area contributed by atoms with E-state index in [0.717, 1.165) is 47.3 Å². The predicted molar refractivity (Wildman–Crippen MR) is 113 cm³/mol. The Hall–Kier alpha value is -3.52. The molecule has 0 aliphatic rings. The minimum atomic E-state index is -0.248. The number of hydrogen-bond donors (Lipinski definition) is 3. The minimum absolute atomic E-state index is 0.0881. The lowest BCUT2D eigenvalue weighted by Crippen LogP contribution is -2.09. The summed E-state index contributed by atoms with van der Waals surface area (Å²) in [5.41, 5.74) is 4.52. The van der Waals surface area contributed by atoms with Crippen molar-refractivity contribution in [2.24, 2.45) is 0 Å². The van der Waals surface area contributed by atoms with Crippen LogP contribution in [0, 0.1) is 0 Å². The number of rotatable bonds is 8. The second-order valence-electron chi connectivity index (χ2n) is 7.14. The molecule has 30 heavy (non-hydrogen) atoms. The summed E-state index contributed by atoms with van der Waals surface area (Å²) >= 11 is 0. The highest BCUT2D eigenvalue weighted by Crippen LogP contribution is 2.30. The lowest BCUT2D eigenvalue weighted by atomic mass is 9.98. The number of nitrogens with one attached hydrogen (secondary N) is 1. The first kappa shape index (κ1) is 19.8. The standard InChI is InChI=1S/C22H24N6O2/c1-2-3-8-20-23-22(30)19(14-29)28(20)13-15-9-11-16(12-10-15)17-6-4-5-7-18(17)21-24-26-27-25-21/h4-7,9-12,29-30H,2-3,8,13-14H2,1H3,(H,24,25,26,27). The Balaban J connectivity index is 1.62. The lowest BCUT2D eigenvalue weighted by Gasteiger charge is -2.12. The number of nitrogens with zero attached hydrogens (tertiary/aromatic N) is 5. The van der Waals surface area contributed by atoms with E-state index in [4.69, 9.17) is 0 Å². The summed E-state index contributed by atoms with van der Waals surface area (Å²) in [6.07, 6.45) is 2.78. The van der Waals surface area contributed by atoms with Gasteiger partial charge < -0.3 is 14.8 Å². The Bertz CT molecular complexity index is 1100. The Labute approximate surface area is 174 Å². The number of tetrazole rings is 1. The van der Waals surface area contributed by atoms with Gasteiger partial charge in [0.15, 0.2) is 5.82 Å². The lowest BCUT2D eigenvalue weighted by molar-refractivity contribution is 0.264. The van der Waals surface area contributed by atoms with Crippen molar-refractivity contribution in [2.75, 3.05) is 0 Å². The van der Waals surface area contributed by atoms with E-state index in [9.17, 15) is 10.2 Å². The van der Waals surface area contributed by atoms with Gasteiger partial charge in [-0.15, -0.1) is 5.10 Å². The van der Waals surface area contributed by atoms with Crippen LogP contribution < -0.4 is 0 Å². The van der Waals surface area contributed by atoms with E-state index in [0.29, 0.717) is 18.1 Å². The number of aromatic hydroxyl groups is 1. The molecule has 0 amide bonds. The average molecular weight is 404 g/mol. The summed E-state index contributed by atoms with van der Waals surface area (Å²) < 4.78 is 1.91.